The predicted molar refractivity (Wildman–Crippen MR) is 96.1 cm³/mol. The number of hydrazone groups is 1. The van der Waals surface area contributed by atoms with Gasteiger partial charge in [0.05, 0.1) is 31.0 Å². The fourth-order valence-electron chi connectivity index (χ4n) is 2.27. The largest absolute Gasteiger partial charge is 0.493 e. The third kappa shape index (κ3) is 3.65. The van der Waals surface area contributed by atoms with Gasteiger partial charge in [-0.25, -0.2) is 10.4 Å². The summed E-state index contributed by atoms with van der Waals surface area (Å²) in [4.78, 5) is 7.56. The molecule has 6 nitrogen and oxygen atoms in total. The molecule has 3 aromatic rings. The summed E-state index contributed by atoms with van der Waals surface area (Å²) in [5, 5.41) is 4.22. The van der Waals surface area contributed by atoms with Crippen molar-refractivity contribution < 1.29 is 9.47 Å². The van der Waals surface area contributed by atoms with E-state index in [-0.39, 0.29) is 0 Å². The summed E-state index contributed by atoms with van der Waals surface area (Å²) in [7, 11) is 1.63. The molecule has 3 rings (SSSR count). The van der Waals surface area contributed by atoms with Crippen molar-refractivity contribution in [2.75, 3.05) is 19.1 Å². The Hall–Kier alpha value is -3.02. The Kier molecular flexibility index (Phi) is 4.96. The second-order valence-electron chi connectivity index (χ2n) is 5.23. The molecule has 0 spiro atoms. The number of H-pyrrole nitrogens is 1. The Labute approximate surface area is 140 Å². The second-order valence-corrected chi connectivity index (χ2v) is 5.23. The molecule has 124 valence electrons. The van der Waals surface area contributed by atoms with Gasteiger partial charge in [-0.2, -0.15) is 5.10 Å². The molecule has 2 aromatic carbocycles. The van der Waals surface area contributed by atoms with Crippen LogP contribution in [0.1, 0.15) is 18.9 Å². The first-order valence-electron chi connectivity index (χ1n) is 7.85. The van der Waals surface area contributed by atoms with E-state index in [1.54, 1.807) is 13.3 Å². The van der Waals surface area contributed by atoms with Crippen LogP contribution in [-0.4, -0.2) is 29.9 Å². The van der Waals surface area contributed by atoms with Crippen molar-refractivity contribution in [3.63, 3.8) is 0 Å². The quantitative estimate of drug-likeness (QED) is 0.512. The molecule has 6 heteroatoms. The lowest BCUT2D eigenvalue weighted by Crippen LogP contribution is -1.99. The first-order valence-corrected chi connectivity index (χ1v) is 7.85. The molecule has 2 N–H and O–H groups in total. The van der Waals surface area contributed by atoms with Crippen LogP contribution in [0.3, 0.4) is 0 Å². The van der Waals surface area contributed by atoms with Gasteiger partial charge in [-0.1, -0.05) is 19.1 Å². The Morgan fingerprint density at radius 1 is 1.21 bits per heavy atom. The van der Waals surface area contributed by atoms with Crippen LogP contribution in [0.25, 0.3) is 11.0 Å². The monoisotopic (exact) mass is 324 g/mol. The Bertz CT molecular complexity index is 809. The molecule has 0 unspecified atom stereocenters. The molecule has 0 fully saturated rings. The maximum absolute atomic E-state index is 5.70. The standard InChI is InChI=1S/C18H20N4O2/c1-3-10-24-17-11-13(8-9-16(17)23-2)12-19-22-18-20-14-6-4-5-7-15(14)21-18/h4-9,11-12H,3,10H2,1-2H3,(H2,20,21,22)/b19-12-. The van der Waals surface area contributed by atoms with Gasteiger partial charge in [-0.15, -0.1) is 0 Å². The van der Waals surface area contributed by atoms with Gasteiger partial charge in [-0.05, 0) is 42.3 Å². The molecule has 0 aliphatic heterocycles. The molecule has 1 heterocycles. The number of rotatable bonds is 7. The number of aromatic amines is 1. The van der Waals surface area contributed by atoms with Crippen LogP contribution >= 0.6 is 0 Å². The van der Waals surface area contributed by atoms with E-state index < -0.39 is 0 Å². The normalized spacial score (nSPS) is 11.1. The molecular weight excluding hydrogens is 304 g/mol. The number of hydrogen-bond acceptors (Lipinski definition) is 5. The molecule has 0 amide bonds. The number of para-hydroxylation sites is 2. The summed E-state index contributed by atoms with van der Waals surface area (Å²) in [6, 6.07) is 13.5. The molecule has 0 aliphatic carbocycles. The maximum atomic E-state index is 5.70. The molecule has 0 bridgehead atoms. The van der Waals surface area contributed by atoms with Gasteiger partial charge in [0.15, 0.2) is 11.5 Å². The fourth-order valence-corrected chi connectivity index (χ4v) is 2.27. The van der Waals surface area contributed by atoms with Crippen LogP contribution < -0.4 is 14.9 Å². The minimum atomic E-state index is 0.600. The van der Waals surface area contributed by atoms with E-state index in [4.69, 9.17) is 9.47 Å². The van der Waals surface area contributed by atoms with Crippen LogP contribution in [0.4, 0.5) is 5.95 Å². The minimum Gasteiger partial charge on any atom is -0.493 e. The predicted octanol–water partition coefficient (Wildman–Crippen LogP) is 3.81. The molecule has 1 aromatic heterocycles. The summed E-state index contributed by atoms with van der Waals surface area (Å²) in [6.45, 7) is 2.71. The lowest BCUT2D eigenvalue weighted by Gasteiger charge is -2.10. The highest BCUT2D eigenvalue weighted by molar-refractivity contribution is 5.82. The van der Waals surface area contributed by atoms with Crippen molar-refractivity contribution in [2.24, 2.45) is 5.10 Å². The van der Waals surface area contributed by atoms with Crippen LogP contribution in [0.2, 0.25) is 0 Å². The summed E-state index contributed by atoms with van der Waals surface area (Å²) < 4.78 is 11.0. The summed E-state index contributed by atoms with van der Waals surface area (Å²) in [5.41, 5.74) is 5.68. The lowest BCUT2D eigenvalue weighted by molar-refractivity contribution is 0.294. The van der Waals surface area contributed by atoms with E-state index in [1.165, 1.54) is 0 Å². The van der Waals surface area contributed by atoms with Crippen molar-refractivity contribution in [1.82, 2.24) is 9.97 Å². The molecule has 0 aliphatic rings. The Morgan fingerprint density at radius 2 is 2.08 bits per heavy atom. The van der Waals surface area contributed by atoms with E-state index in [0.29, 0.717) is 24.1 Å². The molecule has 0 radical (unpaired) electrons. The number of ether oxygens (including phenoxy) is 2. The number of aromatic nitrogens is 2. The Balaban J connectivity index is 1.71. The number of fused-ring (bicyclic) bond motifs is 1. The number of methoxy groups -OCH3 is 1. The number of nitrogens with one attached hydrogen (secondary N) is 2. The number of imidazole rings is 1. The zero-order valence-electron chi connectivity index (χ0n) is 13.7. The van der Waals surface area contributed by atoms with E-state index in [2.05, 4.69) is 27.4 Å². The van der Waals surface area contributed by atoms with Gasteiger partial charge in [0.1, 0.15) is 0 Å². The highest BCUT2D eigenvalue weighted by Crippen LogP contribution is 2.27. The molecule has 0 saturated carbocycles. The van der Waals surface area contributed by atoms with Crippen molar-refractivity contribution in [1.29, 1.82) is 0 Å². The zero-order valence-corrected chi connectivity index (χ0v) is 13.7. The average molecular weight is 324 g/mol. The average Bonchev–Trinajstić information content (AvgIpc) is 3.03. The molecular formula is C18H20N4O2. The van der Waals surface area contributed by atoms with Gasteiger partial charge in [-0.3, -0.25) is 0 Å². The van der Waals surface area contributed by atoms with Crippen LogP contribution in [0, 0.1) is 0 Å². The fraction of sp³-hybridized carbons (Fsp3) is 0.222. The van der Waals surface area contributed by atoms with E-state index in [0.717, 1.165) is 23.0 Å². The highest BCUT2D eigenvalue weighted by Gasteiger charge is 2.05. The molecule has 0 atom stereocenters. The SMILES string of the molecule is CCCOc1cc(/C=N\Nc2nc3ccccc3[nH]2)ccc1OC. The van der Waals surface area contributed by atoms with Crippen LogP contribution in [0.5, 0.6) is 11.5 Å². The van der Waals surface area contributed by atoms with E-state index in [1.807, 2.05) is 42.5 Å². The number of benzene rings is 2. The summed E-state index contributed by atoms with van der Waals surface area (Å²) in [6.07, 6.45) is 2.65. The smallest absolute Gasteiger partial charge is 0.222 e. The first-order chi connectivity index (χ1) is 11.8. The third-order valence-corrected chi connectivity index (χ3v) is 3.42. The summed E-state index contributed by atoms with van der Waals surface area (Å²) >= 11 is 0. The summed E-state index contributed by atoms with van der Waals surface area (Å²) in [5.74, 6) is 2.03. The van der Waals surface area contributed by atoms with Gasteiger partial charge in [0.2, 0.25) is 5.95 Å². The zero-order chi connectivity index (χ0) is 16.8. The first kappa shape index (κ1) is 15.9. The van der Waals surface area contributed by atoms with Crippen LogP contribution in [-0.2, 0) is 0 Å². The number of nitrogens with zero attached hydrogens (tertiary/aromatic N) is 2. The van der Waals surface area contributed by atoms with Crippen LogP contribution in [0.15, 0.2) is 47.6 Å². The van der Waals surface area contributed by atoms with Gasteiger partial charge >= 0.3 is 0 Å². The van der Waals surface area contributed by atoms with E-state index >= 15 is 0 Å². The molecule has 0 saturated heterocycles. The maximum Gasteiger partial charge on any atom is 0.222 e. The minimum absolute atomic E-state index is 0.600. The van der Waals surface area contributed by atoms with Crippen molar-refractivity contribution in [3.8, 4) is 11.5 Å². The lowest BCUT2D eigenvalue weighted by atomic mass is 10.2. The highest BCUT2D eigenvalue weighted by atomic mass is 16.5. The second kappa shape index (κ2) is 7.50. The Morgan fingerprint density at radius 3 is 2.88 bits per heavy atom. The molecule has 24 heavy (non-hydrogen) atoms. The topological polar surface area (TPSA) is 71.5 Å². The van der Waals surface area contributed by atoms with E-state index in [9.17, 15) is 0 Å². The van der Waals surface area contributed by atoms with Gasteiger partial charge in [0.25, 0.3) is 0 Å². The van der Waals surface area contributed by atoms with Crippen molar-refractivity contribution in [3.05, 3.63) is 48.0 Å². The van der Waals surface area contributed by atoms with Gasteiger partial charge in [0, 0.05) is 0 Å². The number of anilines is 1. The van der Waals surface area contributed by atoms with Gasteiger partial charge < -0.3 is 14.5 Å². The van der Waals surface area contributed by atoms with Crippen molar-refractivity contribution >= 4 is 23.2 Å². The number of hydrogen-bond donors (Lipinski definition) is 2. The van der Waals surface area contributed by atoms with Crippen molar-refractivity contribution in [2.45, 2.75) is 13.3 Å². The third-order valence-electron chi connectivity index (χ3n) is 3.42.